The van der Waals surface area contributed by atoms with Gasteiger partial charge >= 0.3 is 0 Å². The minimum Gasteiger partial charge on any atom is -0.384 e. The molecule has 1 saturated carbocycles. The Morgan fingerprint density at radius 3 is 2.88 bits per heavy atom. The second kappa shape index (κ2) is 4.19. The Morgan fingerprint density at radius 2 is 2.31 bits per heavy atom. The lowest BCUT2D eigenvalue weighted by Gasteiger charge is -2.06. The van der Waals surface area contributed by atoms with Gasteiger partial charge in [0.25, 0.3) is 5.69 Å². The number of nitriles is 1. The molecule has 0 aromatic heterocycles. The normalized spacial score (nSPS) is 14.2. The Kier molecular flexibility index (Phi) is 2.73. The molecule has 0 bridgehead atoms. The number of hydrogen-bond donors (Lipinski definition) is 1. The van der Waals surface area contributed by atoms with Crippen LogP contribution in [-0.4, -0.2) is 11.5 Å². The number of benzene rings is 1. The third-order valence-electron chi connectivity index (χ3n) is 2.61. The third kappa shape index (κ3) is 2.28. The van der Waals surface area contributed by atoms with E-state index in [0.29, 0.717) is 17.2 Å². The van der Waals surface area contributed by atoms with Crippen molar-refractivity contribution in [3.63, 3.8) is 0 Å². The summed E-state index contributed by atoms with van der Waals surface area (Å²) in [5.41, 5.74) is 0.961. The Bertz CT molecular complexity index is 461. The molecule has 0 unspecified atom stereocenters. The Morgan fingerprint density at radius 1 is 1.56 bits per heavy atom. The summed E-state index contributed by atoms with van der Waals surface area (Å²) in [5, 5.41) is 22.6. The molecule has 0 saturated heterocycles. The van der Waals surface area contributed by atoms with Crippen molar-refractivity contribution in [2.24, 2.45) is 5.92 Å². The number of nitro benzene ring substituents is 1. The van der Waals surface area contributed by atoms with Crippen molar-refractivity contribution in [1.82, 2.24) is 0 Å². The lowest BCUT2D eigenvalue weighted by molar-refractivity contribution is -0.384. The second-order valence-corrected chi connectivity index (χ2v) is 3.92. The summed E-state index contributed by atoms with van der Waals surface area (Å²) in [6.07, 6.45) is 2.45. The van der Waals surface area contributed by atoms with Crippen LogP contribution in [0.15, 0.2) is 18.2 Å². The fourth-order valence-electron chi connectivity index (χ4n) is 1.47. The van der Waals surface area contributed by atoms with E-state index < -0.39 is 4.92 Å². The molecule has 82 valence electrons. The summed E-state index contributed by atoms with van der Waals surface area (Å²) in [6, 6.07) is 6.28. The third-order valence-corrected chi connectivity index (χ3v) is 2.61. The Hall–Kier alpha value is -2.09. The van der Waals surface area contributed by atoms with Gasteiger partial charge in [-0.2, -0.15) is 5.26 Å². The number of nitrogens with one attached hydrogen (secondary N) is 1. The SMILES string of the molecule is N#Cc1cc([N+](=O)[O-])ccc1NCC1CC1. The van der Waals surface area contributed by atoms with Gasteiger partial charge in [0.05, 0.1) is 16.2 Å². The number of hydrogen-bond acceptors (Lipinski definition) is 4. The number of rotatable bonds is 4. The lowest BCUT2D eigenvalue weighted by Crippen LogP contribution is -2.05. The first-order valence-corrected chi connectivity index (χ1v) is 5.13. The molecule has 1 fully saturated rings. The summed E-state index contributed by atoms with van der Waals surface area (Å²) >= 11 is 0. The zero-order chi connectivity index (χ0) is 11.5. The molecule has 0 amide bonds. The molecule has 0 atom stereocenters. The summed E-state index contributed by atoms with van der Waals surface area (Å²) in [5.74, 6) is 0.696. The molecule has 2 rings (SSSR count). The quantitative estimate of drug-likeness (QED) is 0.619. The van der Waals surface area contributed by atoms with Crippen molar-refractivity contribution >= 4 is 11.4 Å². The van der Waals surface area contributed by atoms with Gasteiger partial charge in [-0.25, -0.2) is 0 Å². The number of nitrogens with zero attached hydrogens (tertiary/aromatic N) is 2. The van der Waals surface area contributed by atoms with Crippen LogP contribution in [0.5, 0.6) is 0 Å². The molecule has 16 heavy (non-hydrogen) atoms. The van der Waals surface area contributed by atoms with E-state index in [4.69, 9.17) is 5.26 Å². The molecule has 1 aliphatic rings. The monoisotopic (exact) mass is 217 g/mol. The van der Waals surface area contributed by atoms with Gasteiger partial charge in [0.2, 0.25) is 0 Å². The van der Waals surface area contributed by atoms with E-state index in [9.17, 15) is 10.1 Å². The predicted molar refractivity (Wildman–Crippen MR) is 59.0 cm³/mol. The van der Waals surface area contributed by atoms with Crippen molar-refractivity contribution in [2.45, 2.75) is 12.8 Å². The summed E-state index contributed by atoms with van der Waals surface area (Å²) in [7, 11) is 0. The molecular weight excluding hydrogens is 206 g/mol. The maximum absolute atomic E-state index is 10.5. The highest BCUT2D eigenvalue weighted by molar-refractivity contribution is 5.61. The van der Waals surface area contributed by atoms with E-state index in [1.807, 2.05) is 6.07 Å². The molecule has 5 nitrogen and oxygen atoms in total. The van der Waals surface area contributed by atoms with Gasteiger partial charge < -0.3 is 5.32 Å². The Balaban J connectivity index is 2.17. The largest absolute Gasteiger partial charge is 0.384 e. The molecule has 0 heterocycles. The molecule has 0 radical (unpaired) electrons. The topological polar surface area (TPSA) is 79.0 Å². The molecule has 5 heteroatoms. The van der Waals surface area contributed by atoms with E-state index in [-0.39, 0.29) is 5.69 Å². The zero-order valence-electron chi connectivity index (χ0n) is 8.64. The number of nitro groups is 1. The van der Waals surface area contributed by atoms with Gasteiger partial charge in [-0.3, -0.25) is 10.1 Å². The standard InChI is InChI=1S/C11H11N3O2/c12-6-9-5-10(14(15)16)3-4-11(9)13-7-8-1-2-8/h3-5,8,13H,1-2,7H2. The summed E-state index contributed by atoms with van der Waals surface area (Å²) in [6.45, 7) is 0.840. The molecule has 0 spiro atoms. The molecule has 1 aromatic carbocycles. The van der Waals surface area contributed by atoms with Gasteiger partial charge in [-0.15, -0.1) is 0 Å². The van der Waals surface area contributed by atoms with Crippen LogP contribution in [0.2, 0.25) is 0 Å². The van der Waals surface area contributed by atoms with Crippen molar-refractivity contribution in [2.75, 3.05) is 11.9 Å². The first kappa shape index (κ1) is 10.4. The second-order valence-electron chi connectivity index (χ2n) is 3.92. The van der Waals surface area contributed by atoms with Gasteiger partial charge in [0.15, 0.2) is 0 Å². The van der Waals surface area contributed by atoms with Crippen LogP contribution in [0.1, 0.15) is 18.4 Å². The van der Waals surface area contributed by atoms with Crippen molar-refractivity contribution in [3.05, 3.63) is 33.9 Å². The fraction of sp³-hybridized carbons (Fsp3) is 0.364. The van der Waals surface area contributed by atoms with Crippen molar-refractivity contribution in [3.8, 4) is 6.07 Å². The highest BCUT2D eigenvalue weighted by Gasteiger charge is 2.21. The minimum absolute atomic E-state index is 0.0477. The van der Waals surface area contributed by atoms with Crippen LogP contribution >= 0.6 is 0 Å². The van der Waals surface area contributed by atoms with E-state index >= 15 is 0 Å². The van der Waals surface area contributed by atoms with Crippen LogP contribution in [0.4, 0.5) is 11.4 Å². The van der Waals surface area contributed by atoms with E-state index in [0.717, 1.165) is 6.54 Å². The maximum Gasteiger partial charge on any atom is 0.270 e. The number of non-ortho nitro benzene ring substituents is 1. The first-order chi connectivity index (χ1) is 7.70. The molecule has 0 aliphatic heterocycles. The molecule has 1 N–H and O–H groups in total. The first-order valence-electron chi connectivity index (χ1n) is 5.13. The van der Waals surface area contributed by atoms with E-state index in [1.165, 1.54) is 25.0 Å². The average molecular weight is 217 g/mol. The molecule has 1 aromatic rings. The summed E-state index contributed by atoms with van der Waals surface area (Å²) < 4.78 is 0. The van der Waals surface area contributed by atoms with Crippen LogP contribution < -0.4 is 5.32 Å². The van der Waals surface area contributed by atoms with Crippen molar-refractivity contribution in [1.29, 1.82) is 5.26 Å². The highest BCUT2D eigenvalue weighted by atomic mass is 16.6. The van der Waals surface area contributed by atoms with Gasteiger partial charge in [0.1, 0.15) is 6.07 Å². The fourth-order valence-corrected chi connectivity index (χ4v) is 1.47. The maximum atomic E-state index is 10.5. The van der Waals surface area contributed by atoms with E-state index in [2.05, 4.69) is 5.32 Å². The van der Waals surface area contributed by atoms with Gasteiger partial charge in [0, 0.05) is 18.7 Å². The minimum atomic E-state index is -0.495. The van der Waals surface area contributed by atoms with Gasteiger partial charge in [-0.1, -0.05) is 0 Å². The average Bonchev–Trinajstić information content (AvgIpc) is 3.09. The highest BCUT2D eigenvalue weighted by Crippen LogP contribution is 2.30. The molecule has 1 aliphatic carbocycles. The van der Waals surface area contributed by atoms with Crippen molar-refractivity contribution < 1.29 is 4.92 Å². The van der Waals surface area contributed by atoms with Crippen LogP contribution in [0, 0.1) is 27.4 Å². The van der Waals surface area contributed by atoms with E-state index in [1.54, 1.807) is 6.07 Å². The summed E-state index contributed by atoms with van der Waals surface area (Å²) in [4.78, 5) is 10.0. The van der Waals surface area contributed by atoms with Crippen LogP contribution in [-0.2, 0) is 0 Å². The Labute approximate surface area is 92.8 Å². The predicted octanol–water partition coefficient (Wildman–Crippen LogP) is 2.29. The lowest BCUT2D eigenvalue weighted by atomic mass is 10.1. The van der Waals surface area contributed by atoms with Crippen LogP contribution in [0.3, 0.4) is 0 Å². The van der Waals surface area contributed by atoms with Crippen LogP contribution in [0.25, 0.3) is 0 Å². The zero-order valence-corrected chi connectivity index (χ0v) is 8.64. The number of anilines is 1. The van der Waals surface area contributed by atoms with Gasteiger partial charge in [-0.05, 0) is 24.8 Å². The molecular formula is C11H11N3O2. The smallest absolute Gasteiger partial charge is 0.270 e.